The Hall–Kier alpha value is -1.84. The first-order valence-electron chi connectivity index (χ1n) is 4.76. The molecule has 4 heteroatoms. The van der Waals surface area contributed by atoms with Crippen molar-refractivity contribution in [2.24, 2.45) is 4.99 Å². The highest BCUT2D eigenvalue weighted by Crippen LogP contribution is 2.06. The number of allylic oxidation sites excluding steroid dienone is 4. The van der Waals surface area contributed by atoms with E-state index in [4.69, 9.17) is 0 Å². The third-order valence-corrected chi connectivity index (χ3v) is 1.83. The summed E-state index contributed by atoms with van der Waals surface area (Å²) in [4.78, 5) is 7.78. The number of hydrogen-bond acceptors (Lipinski definition) is 2. The standard InChI is InChI=1S/C12H12F2N2/c1-3-4-9(13)7-11(15-2)12-8-10(14)5-6-16-12/h3-8H,1-2H3/b4-3-,9-7+,15-11?. The van der Waals surface area contributed by atoms with Gasteiger partial charge in [0.15, 0.2) is 0 Å². The molecule has 1 aromatic heterocycles. The van der Waals surface area contributed by atoms with E-state index >= 15 is 0 Å². The molecule has 0 aromatic carbocycles. The van der Waals surface area contributed by atoms with Crippen LogP contribution in [0.15, 0.2) is 47.4 Å². The second-order valence-corrected chi connectivity index (χ2v) is 3.00. The summed E-state index contributed by atoms with van der Waals surface area (Å²) >= 11 is 0. The van der Waals surface area contributed by atoms with Crippen LogP contribution < -0.4 is 0 Å². The molecule has 0 atom stereocenters. The fraction of sp³-hybridized carbons (Fsp3) is 0.167. The predicted octanol–water partition coefficient (Wildman–Crippen LogP) is 3.07. The Bertz CT molecular complexity index is 448. The van der Waals surface area contributed by atoms with Crippen molar-refractivity contribution in [2.45, 2.75) is 6.92 Å². The normalized spacial score (nSPS) is 13.5. The average molecular weight is 222 g/mol. The Morgan fingerprint density at radius 1 is 1.50 bits per heavy atom. The zero-order chi connectivity index (χ0) is 12.0. The molecule has 0 N–H and O–H groups in total. The van der Waals surface area contributed by atoms with Gasteiger partial charge in [0, 0.05) is 25.4 Å². The van der Waals surface area contributed by atoms with E-state index in [2.05, 4.69) is 9.98 Å². The van der Waals surface area contributed by atoms with Crippen LogP contribution in [-0.4, -0.2) is 17.7 Å². The summed E-state index contributed by atoms with van der Waals surface area (Å²) in [6, 6.07) is 2.44. The van der Waals surface area contributed by atoms with Crippen LogP contribution in [0, 0.1) is 5.82 Å². The molecule has 0 fully saturated rings. The lowest BCUT2D eigenvalue weighted by Crippen LogP contribution is -2.01. The number of aliphatic imine (C=N–C) groups is 1. The average Bonchev–Trinajstić information content (AvgIpc) is 2.26. The molecule has 1 aromatic rings. The van der Waals surface area contributed by atoms with Crippen LogP contribution in [0.25, 0.3) is 0 Å². The van der Waals surface area contributed by atoms with Gasteiger partial charge in [0.25, 0.3) is 0 Å². The molecule has 1 rings (SSSR count). The Labute approximate surface area is 93.1 Å². The third kappa shape index (κ3) is 3.38. The van der Waals surface area contributed by atoms with Gasteiger partial charge >= 0.3 is 0 Å². The minimum Gasteiger partial charge on any atom is -0.286 e. The molecule has 0 amide bonds. The van der Waals surface area contributed by atoms with Crippen molar-refractivity contribution in [3.8, 4) is 0 Å². The fourth-order valence-electron chi connectivity index (χ4n) is 1.14. The zero-order valence-corrected chi connectivity index (χ0v) is 9.11. The van der Waals surface area contributed by atoms with Crippen molar-refractivity contribution in [1.82, 2.24) is 4.98 Å². The lowest BCUT2D eigenvalue weighted by Gasteiger charge is -1.99. The largest absolute Gasteiger partial charge is 0.286 e. The fourth-order valence-corrected chi connectivity index (χ4v) is 1.14. The third-order valence-electron chi connectivity index (χ3n) is 1.83. The molecule has 0 spiro atoms. The smallest absolute Gasteiger partial charge is 0.126 e. The van der Waals surface area contributed by atoms with E-state index < -0.39 is 11.6 Å². The molecule has 2 nitrogen and oxygen atoms in total. The van der Waals surface area contributed by atoms with Crippen molar-refractivity contribution < 1.29 is 8.78 Å². The molecule has 0 bridgehead atoms. The summed E-state index contributed by atoms with van der Waals surface area (Å²) in [5, 5.41) is 0. The molecule has 0 saturated heterocycles. The van der Waals surface area contributed by atoms with E-state index in [0.29, 0.717) is 11.4 Å². The summed E-state index contributed by atoms with van der Waals surface area (Å²) in [5.74, 6) is -0.875. The zero-order valence-electron chi connectivity index (χ0n) is 9.11. The van der Waals surface area contributed by atoms with Crippen molar-refractivity contribution in [2.75, 3.05) is 7.05 Å². The topological polar surface area (TPSA) is 25.2 Å². The first kappa shape index (κ1) is 12.2. The Morgan fingerprint density at radius 3 is 2.81 bits per heavy atom. The maximum Gasteiger partial charge on any atom is 0.126 e. The van der Waals surface area contributed by atoms with Crippen molar-refractivity contribution >= 4 is 5.71 Å². The highest BCUT2D eigenvalue weighted by atomic mass is 19.1. The van der Waals surface area contributed by atoms with Crippen molar-refractivity contribution in [3.05, 3.63) is 53.9 Å². The summed E-state index contributed by atoms with van der Waals surface area (Å²) in [6.07, 6.45) is 5.39. The summed E-state index contributed by atoms with van der Waals surface area (Å²) in [7, 11) is 1.50. The monoisotopic (exact) mass is 222 g/mol. The van der Waals surface area contributed by atoms with Crippen molar-refractivity contribution in [3.63, 3.8) is 0 Å². The minimum atomic E-state index is -0.450. The second kappa shape index (κ2) is 5.90. The molecule has 84 valence electrons. The molecule has 0 aliphatic rings. The minimum absolute atomic E-state index is 0.301. The number of aromatic nitrogens is 1. The number of halogens is 2. The number of pyridine rings is 1. The van der Waals surface area contributed by atoms with E-state index in [1.807, 2.05) is 0 Å². The quantitative estimate of drug-likeness (QED) is 0.570. The van der Waals surface area contributed by atoms with E-state index in [0.717, 1.165) is 0 Å². The summed E-state index contributed by atoms with van der Waals surface area (Å²) in [6.45, 7) is 1.70. The number of nitrogens with zero attached hydrogens (tertiary/aromatic N) is 2. The lowest BCUT2D eigenvalue weighted by atomic mass is 10.2. The molecule has 0 saturated carbocycles. The van der Waals surface area contributed by atoms with E-state index in [1.54, 1.807) is 13.0 Å². The maximum absolute atomic E-state index is 13.2. The summed E-state index contributed by atoms with van der Waals surface area (Å²) < 4.78 is 26.1. The Morgan fingerprint density at radius 2 is 2.25 bits per heavy atom. The van der Waals surface area contributed by atoms with Gasteiger partial charge in [0.2, 0.25) is 0 Å². The van der Waals surface area contributed by atoms with Gasteiger partial charge in [-0.05, 0) is 19.1 Å². The molecule has 1 heterocycles. The van der Waals surface area contributed by atoms with Gasteiger partial charge < -0.3 is 0 Å². The molecular weight excluding hydrogens is 210 g/mol. The number of hydrogen-bond donors (Lipinski definition) is 0. The summed E-state index contributed by atoms with van der Waals surface area (Å²) in [5.41, 5.74) is 0.609. The van der Waals surface area contributed by atoms with Gasteiger partial charge in [-0.2, -0.15) is 0 Å². The Kier molecular flexibility index (Phi) is 4.51. The van der Waals surface area contributed by atoms with Gasteiger partial charge in [-0.15, -0.1) is 0 Å². The highest BCUT2D eigenvalue weighted by molar-refractivity contribution is 6.07. The van der Waals surface area contributed by atoms with Crippen LogP contribution in [0.4, 0.5) is 8.78 Å². The van der Waals surface area contributed by atoms with Crippen LogP contribution in [0.2, 0.25) is 0 Å². The van der Waals surface area contributed by atoms with Crippen LogP contribution in [-0.2, 0) is 0 Å². The Balaban J connectivity index is 3.05. The highest BCUT2D eigenvalue weighted by Gasteiger charge is 2.03. The molecular formula is C12H12F2N2. The molecule has 0 aliphatic heterocycles. The lowest BCUT2D eigenvalue weighted by molar-refractivity contribution is 0.625. The predicted molar refractivity (Wildman–Crippen MR) is 60.7 cm³/mol. The van der Waals surface area contributed by atoms with Crippen LogP contribution in [0.1, 0.15) is 12.6 Å². The van der Waals surface area contributed by atoms with Crippen LogP contribution in [0.3, 0.4) is 0 Å². The molecule has 16 heavy (non-hydrogen) atoms. The SMILES string of the molecule is C/C=C\C(F)=C/C(=NC)c1cc(F)ccn1. The van der Waals surface area contributed by atoms with Crippen LogP contribution in [0.5, 0.6) is 0 Å². The van der Waals surface area contributed by atoms with Gasteiger partial charge in [-0.1, -0.05) is 6.08 Å². The van der Waals surface area contributed by atoms with Gasteiger partial charge in [0.05, 0.1) is 11.4 Å². The first-order valence-corrected chi connectivity index (χ1v) is 4.76. The first-order chi connectivity index (χ1) is 7.67. The molecule has 0 unspecified atom stereocenters. The van der Waals surface area contributed by atoms with E-state index in [1.165, 1.54) is 37.5 Å². The number of rotatable bonds is 3. The van der Waals surface area contributed by atoms with Crippen LogP contribution >= 0.6 is 0 Å². The van der Waals surface area contributed by atoms with E-state index in [9.17, 15) is 8.78 Å². The van der Waals surface area contributed by atoms with Gasteiger partial charge in [0.1, 0.15) is 11.6 Å². The molecule has 0 aliphatic carbocycles. The van der Waals surface area contributed by atoms with Gasteiger partial charge in [-0.25, -0.2) is 8.78 Å². The van der Waals surface area contributed by atoms with Crippen molar-refractivity contribution in [1.29, 1.82) is 0 Å². The second-order valence-electron chi connectivity index (χ2n) is 3.00. The van der Waals surface area contributed by atoms with Gasteiger partial charge in [-0.3, -0.25) is 9.98 Å². The maximum atomic E-state index is 13.2. The molecule has 0 radical (unpaired) electrons. The van der Waals surface area contributed by atoms with E-state index in [-0.39, 0.29) is 0 Å².